The number of nitrogen functional groups attached to an aromatic ring is 1. The van der Waals surface area contributed by atoms with E-state index in [4.69, 9.17) is 11.0 Å². The van der Waals surface area contributed by atoms with Crippen molar-refractivity contribution in [1.82, 2.24) is 0 Å². The van der Waals surface area contributed by atoms with Gasteiger partial charge in [-0.3, -0.25) is 4.79 Å². The Labute approximate surface area is 126 Å². The smallest absolute Gasteiger partial charge is 0.171 e. The molecule has 1 aromatic heterocycles. The molecule has 2 rings (SSSR count). The number of hydrogen-bond donors (Lipinski definition) is 2. The van der Waals surface area contributed by atoms with Crippen molar-refractivity contribution in [3.05, 3.63) is 46.1 Å². The van der Waals surface area contributed by atoms with Crippen LogP contribution in [0.4, 0.5) is 15.1 Å². The maximum Gasteiger partial charge on any atom is 0.171 e. The topological polar surface area (TPSA) is 78.9 Å². The first-order valence-electron chi connectivity index (χ1n) is 6.35. The van der Waals surface area contributed by atoms with Crippen molar-refractivity contribution in [2.45, 2.75) is 13.3 Å². The monoisotopic (exact) mass is 303 g/mol. The molecule has 4 nitrogen and oxygen atoms in total. The number of Topliss-reactive ketones (excluding diaryl/α,β-unsaturated/α-hetero) is 1. The van der Waals surface area contributed by atoms with E-state index in [9.17, 15) is 9.18 Å². The summed E-state index contributed by atoms with van der Waals surface area (Å²) in [5.41, 5.74) is 6.87. The highest BCUT2D eigenvalue weighted by Crippen LogP contribution is 2.35. The number of anilines is 2. The van der Waals surface area contributed by atoms with Gasteiger partial charge in [-0.05, 0) is 18.1 Å². The summed E-state index contributed by atoms with van der Waals surface area (Å²) in [7, 11) is 0. The molecule has 0 fully saturated rings. The van der Waals surface area contributed by atoms with E-state index < -0.39 is 0 Å². The van der Waals surface area contributed by atoms with Crippen molar-refractivity contribution < 1.29 is 9.18 Å². The summed E-state index contributed by atoms with van der Waals surface area (Å²) < 4.78 is 13.5. The highest BCUT2D eigenvalue weighted by molar-refractivity contribution is 7.18. The molecule has 0 aliphatic rings. The molecule has 0 atom stereocenters. The van der Waals surface area contributed by atoms with Crippen molar-refractivity contribution in [1.29, 1.82) is 5.26 Å². The van der Waals surface area contributed by atoms with Crippen LogP contribution < -0.4 is 11.1 Å². The van der Waals surface area contributed by atoms with E-state index in [1.54, 1.807) is 18.2 Å². The van der Waals surface area contributed by atoms with Crippen LogP contribution in [0.25, 0.3) is 0 Å². The fourth-order valence-electron chi connectivity index (χ4n) is 1.95. The second-order valence-corrected chi connectivity index (χ2v) is 5.51. The summed E-state index contributed by atoms with van der Waals surface area (Å²) in [5.74, 6) is -0.425. The SMILES string of the molecule is CC(=O)c1sc(NCCc2ccccc2F)c(C#N)c1N. The summed E-state index contributed by atoms with van der Waals surface area (Å²) in [6, 6.07) is 8.53. The number of halogens is 1. The zero-order valence-electron chi connectivity index (χ0n) is 11.4. The Kier molecular flexibility index (Phi) is 4.55. The molecule has 0 saturated heterocycles. The zero-order chi connectivity index (χ0) is 15.4. The second-order valence-electron chi connectivity index (χ2n) is 4.49. The molecule has 0 amide bonds. The number of thiophene rings is 1. The number of nitrogens with two attached hydrogens (primary N) is 1. The molecule has 0 aliphatic heterocycles. The molecule has 2 aromatic rings. The van der Waals surface area contributed by atoms with Gasteiger partial charge >= 0.3 is 0 Å². The number of carbonyl (C=O) groups is 1. The van der Waals surface area contributed by atoms with Gasteiger partial charge in [0.1, 0.15) is 22.5 Å². The van der Waals surface area contributed by atoms with Gasteiger partial charge in [-0.15, -0.1) is 11.3 Å². The van der Waals surface area contributed by atoms with E-state index in [1.807, 2.05) is 6.07 Å². The molecule has 21 heavy (non-hydrogen) atoms. The third-order valence-electron chi connectivity index (χ3n) is 3.01. The molecule has 0 unspecified atom stereocenters. The lowest BCUT2D eigenvalue weighted by Gasteiger charge is -2.05. The molecule has 1 aromatic carbocycles. The van der Waals surface area contributed by atoms with E-state index in [0.717, 1.165) is 11.3 Å². The van der Waals surface area contributed by atoms with Gasteiger partial charge in [0, 0.05) is 13.5 Å². The minimum atomic E-state index is -0.255. The van der Waals surface area contributed by atoms with E-state index in [-0.39, 0.29) is 22.9 Å². The molecule has 0 bridgehead atoms. The Hall–Kier alpha value is -2.39. The Morgan fingerprint density at radius 3 is 2.81 bits per heavy atom. The van der Waals surface area contributed by atoms with Crippen LogP contribution in [-0.2, 0) is 6.42 Å². The normalized spacial score (nSPS) is 10.1. The summed E-state index contributed by atoms with van der Waals surface area (Å²) in [6.07, 6.45) is 0.477. The number of nitrogens with zero attached hydrogens (tertiary/aromatic N) is 1. The lowest BCUT2D eigenvalue weighted by atomic mass is 10.1. The molecule has 0 aliphatic carbocycles. The lowest BCUT2D eigenvalue weighted by molar-refractivity contribution is 0.102. The summed E-state index contributed by atoms with van der Waals surface area (Å²) in [4.78, 5) is 11.8. The summed E-state index contributed by atoms with van der Waals surface area (Å²) in [6.45, 7) is 1.86. The number of rotatable bonds is 5. The highest BCUT2D eigenvalue weighted by atomic mass is 32.1. The molecule has 0 radical (unpaired) electrons. The fourth-order valence-corrected chi connectivity index (χ4v) is 2.94. The van der Waals surface area contributed by atoms with Crippen LogP contribution in [0.2, 0.25) is 0 Å². The van der Waals surface area contributed by atoms with Gasteiger partial charge in [0.25, 0.3) is 0 Å². The predicted molar refractivity (Wildman–Crippen MR) is 82.0 cm³/mol. The predicted octanol–water partition coefficient (Wildman–Crippen LogP) is 3.20. The lowest BCUT2D eigenvalue weighted by Crippen LogP contribution is -2.06. The van der Waals surface area contributed by atoms with E-state index in [0.29, 0.717) is 28.4 Å². The van der Waals surface area contributed by atoms with Gasteiger partial charge in [-0.1, -0.05) is 18.2 Å². The minimum absolute atomic E-state index is 0.170. The van der Waals surface area contributed by atoms with Crippen LogP contribution in [0.5, 0.6) is 0 Å². The Morgan fingerprint density at radius 2 is 2.19 bits per heavy atom. The van der Waals surface area contributed by atoms with Gasteiger partial charge < -0.3 is 11.1 Å². The largest absolute Gasteiger partial charge is 0.396 e. The first kappa shape index (κ1) is 15.0. The van der Waals surface area contributed by atoms with Crippen LogP contribution in [0.1, 0.15) is 27.7 Å². The molecule has 3 N–H and O–H groups in total. The maximum atomic E-state index is 13.5. The number of hydrogen-bond acceptors (Lipinski definition) is 5. The number of benzene rings is 1. The number of ketones is 1. The highest BCUT2D eigenvalue weighted by Gasteiger charge is 2.18. The van der Waals surface area contributed by atoms with Crippen molar-refractivity contribution in [2.75, 3.05) is 17.6 Å². The molecule has 0 saturated carbocycles. The van der Waals surface area contributed by atoms with Crippen molar-refractivity contribution in [3.63, 3.8) is 0 Å². The van der Waals surface area contributed by atoms with Crippen molar-refractivity contribution >= 4 is 27.8 Å². The van der Waals surface area contributed by atoms with Crippen LogP contribution in [0, 0.1) is 17.1 Å². The number of nitrogens with one attached hydrogen (secondary N) is 1. The average molecular weight is 303 g/mol. The fraction of sp³-hybridized carbons (Fsp3) is 0.200. The summed E-state index contributed by atoms with van der Waals surface area (Å²) in [5, 5.41) is 12.7. The van der Waals surface area contributed by atoms with Gasteiger partial charge in [-0.2, -0.15) is 5.26 Å². The van der Waals surface area contributed by atoms with Crippen LogP contribution in [0.3, 0.4) is 0 Å². The molecule has 6 heteroatoms. The average Bonchev–Trinajstić information content (AvgIpc) is 2.77. The standard InChI is InChI=1S/C15H14FN3OS/c1-9(20)14-13(18)11(8-17)15(21-14)19-7-6-10-4-2-3-5-12(10)16/h2-5,19H,6-7,18H2,1H3. The molecule has 1 heterocycles. The van der Waals surface area contributed by atoms with Crippen LogP contribution in [-0.4, -0.2) is 12.3 Å². The maximum absolute atomic E-state index is 13.5. The first-order chi connectivity index (χ1) is 10.0. The first-order valence-corrected chi connectivity index (χ1v) is 7.16. The quantitative estimate of drug-likeness (QED) is 0.831. The summed E-state index contributed by atoms with van der Waals surface area (Å²) >= 11 is 1.16. The van der Waals surface area contributed by atoms with Crippen LogP contribution >= 0.6 is 11.3 Å². The van der Waals surface area contributed by atoms with Gasteiger partial charge in [-0.25, -0.2) is 4.39 Å². The van der Waals surface area contributed by atoms with E-state index in [2.05, 4.69) is 5.32 Å². The zero-order valence-corrected chi connectivity index (χ0v) is 12.3. The third-order valence-corrected chi connectivity index (χ3v) is 4.28. The van der Waals surface area contributed by atoms with Crippen molar-refractivity contribution in [3.8, 4) is 6.07 Å². The molecular weight excluding hydrogens is 289 g/mol. The Bertz CT molecular complexity index is 718. The van der Waals surface area contributed by atoms with E-state index >= 15 is 0 Å². The molecule has 108 valence electrons. The second kappa shape index (κ2) is 6.37. The Morgan fingerprint density at radius 1 is 1.48 bits per heavy atom. The van der Waals surface area contributed by atoms with Gasteiger partial charge in [0.2, 0.25) is 0 Å². The Balaban J connectivity index is 2.11. The molecule has 0 spiro atoms. The number of carbonyl (C=O) groups excluding carboxylic acids is 1. The third kappa shape index (κ3) is 3.20. The van der Waals surface area contributed by atoms with Crippen molar-refractivity contribution in [2.24, 2.45) is 0 Å². The van der Waals surface area contributed by atoms with Crippen LogP contribution in [0.15, 0.2) is 24.3 Å². The van der Waals surface area contributed by atoms with Gasteiger partial charge in [0.05, 0.1) is 10.6 Å². The van der Waals surface area contributed by atoms with Gasteiger partial charge in [0.15, 0.2) is 5.78 Å². The minimum Gasteiger partial charge on any atom is -0.396 e. The van der Waals surface area contributed by atoms with E-state index in [1.165, 1.54) is 13.0 Å². The number of nitriles is 1. The molecular formula is C15H14FN3OS.